The molecule has 0 heterocycles. The van der Waals surface area contributed by atoms with Gasteiger partial charge in [-0.3, -0.25) is 9.59 Å². The highest BCUT2D eigenvalue weighted by Gasteiger charge is 2.24. The third kappa shape index (κ3) is 10.7. The van der Waals surface area contributed by atoms with Gasteiger partial charge in [-0.1, -0.05) is 19.6 Å². The van der Waals surface area contributed by atoms with Crippen LogP contribution in [-0.2, 0) is 19.1 Å². The van der Waals surface area contributed by atoms with Crippen LogP contribution in [0.2, 0.25) is 25.7 Å². The maximum absolute atomic E-state index is 11.6. The van der Waals surface area contributed by atoms with Gasteiger partial charge in [-0.25, -0.2) is 0 Å². The van der Waals surface area contributed by atoms with Crippen LogP contribution in [0.5, 0.6) is 0 Å². The molecule has 0 rings (SSSR count). The van der Waals surface area contributed by atoms with Gasteiger partial charge >= 0.3 is 11.9 Å². The number of carbonyl (C=O) groups is 2. The molecule has 5 nitrogen and oxygen atoms in total. The second-order valence-corrected chi connectivity index (χ2v) is 12.5. The summed E-state index contributed by atoms with van der Waals surface area (Å²) in [7, 11) is -1.23. The molecule has 0 aromatic rings. The van der Waals surface area contributed by atoms with Gasteiger partial charge in [0.1, 0.15) is 11.6 Å². The molecule has 112 valence electrons. The highest BCUT2D eigenvalue weighted by Crippen LogP contribution is 2.10. The summed E-state index contributed by atoms with van der Waals surface area (Å²) in [5.41, 5.74) is 5.05. The van der Waals surface area contributed by atoms with E-state index in [0.717, 1.165) is 6.04 Å². The molecule has 0 aromatic heterocycles. The first-order chi connectivity index (χ1) is 8.41. The molecule has 0 aliphatic heterocycles. The fourth-order valence-electron chi connectivity index (χ4n) is 1.21. The number of rotatable bonds is 6. The molecule has 0 radical (unpaired) electrons. The monoisotopic (exact) mass is 289 g/mol. The lowest BCUT2D eigenvalue weighted by molar-refractivity contribution is -0.159. The Bertz CT molecular complexity index is 318. The third-order valence-electron chi connectivity index (χ3n) is 2.21. The molecule has 1 unspecified atom stereocenters. The second-order valence-electron chi connectivity index (χ2n) is 6.88. The molecular weight excluding hydrogens is 262 g/mol. The minimum absolute atomic E-state index is 0.150. The molecule has 0 aromatic carbocycles. The van der Waals surface area contributed by atoms with Crippen molar-refractivity contribution in [3.05, 3.63) is 0 Å². The van der Waals surface area contributed by atoms with E-state index in [4.69, 9.17) is 15.2 Å². The minimum atomic E-state index is -1.23. The average Bonchev–Trinajstić information content (AvgIpc) is 2.11. The SMILES string of the molecule is CC(C)(C)OC(=O)CC(N)C(=O)OCC[Si](C)(C)C. The van der Waals surface area contributed by atoms with Gasteiger partial charge in [-0.2, -0.15) is 0 Å². The van der Waals surface area contributed by atoms with Gasteiger partial charge in [-0.15, -0.1) is 0 Å². The van der Waals surface area contributed by atoms with Crippen LogP contribution in [0.1, 0.15) is 27.2 Å². The first-order valence-corrected chi connectivity index (χ1v) is 10.3. The van der Waals surface area contributed by atoms with Gasteiger partial charge in [0.05, 0.1) is 13.0 Å². The summed E-state index contributed by atoms with van der Waals surface area (Å²) in [6, 6.07) is -0.0609. The molecule has 0 amide bonds. The zero-order chi connectivity index (χ0) is 15.3. The van der Waals surface area contributed by atoms with Gasteiger partial charge in [-0.05, 0) is 26.8 Å². The predicted molar refractivity (Wildman–Crippen MR) is 77.5 cm³/mol. The number of ether oxygens (including phenoxy) is 2. The Morgan fingerprint density at radius 3 is 2.16 bits per heavy atom. The van der Waals surface area contributed by atoms with Gasteiger partial charge < -0.3 is 15.2 Å². The zero-order valence-electron chi connectivity index (χ0n) is 12.9. The standard InChI is InChI=1S/C13H27NO4Si/c1-13(2,3)18-11(15)9-10(14)12(16)17-7-8-19(4,5)6/h10H,7-9,14H2,1-6H3. The van der Waals surface area contributed by atoms with E-state index in [0.29, 0.717) is 6.61 Å². The highest BCUT2D eigenvalue weighted by atomic mass is 28.3. The van der Waals surface area contributed by atoms with Crippen molar-refractivity contribution < 1.29 is 19.1 Å². The maximum atomic E-state index is 11.6. The van der Waals surface area contributed by atoms with Crippen LogP contribution in [0.25, 0.3) is 0 Å². The van der Waals surface area contributed by atoms with Gasteiger partial charge in [0, 0.05) is 8.07 Å². The van der Waals surface area contributed by atoms with Gasteiger partial charge in [0.25, 0.3) is 0 Å². The molecule has 0 fully saturated rings. The molecule has 0 bridgehead atoms. The number of hydrogen-bond donors (Lipinski definition) is 1. The van der Waals surface area contributed by atoms with Crippen LogP contribution in [0.15, 0.2) is 0 Å². The highest BCUT2D eigenvalue weighted by molar-refractivity contribution is 6.76. The van der Waals surface area contributed by atoms with E-state index >= 15 is 0 Å². The summed E-state index contributed by atoms with van der Waals surface area (Å²) >= 11 is 0. The van der Waals surface area contributed by atoms with E-state index in [1.807, 2.05) is 0 Å². The third-order valence-corrected chi connectivity index (χ3v) is 3.91. The molecule has 0 spiro atoms. The lowest BCUT2D eigenvalue weighted by Crippen LogP contribution is -2.37. The molecule has 1 atom stereocenters. The van der Waals surface area contributed by atoms with Crippen molar-refractivity contribution in [3.63, 3.8) is 0 Å². The molecule has 2 N–H and O–H groups in total. The smallest absolute Gasteiger partial charge is 0.323 e. The molecule has 6 heteroatoms. The molecule has 0 saturated heterocycles. The summed E-state index contributed by atoms with van der Waals surface area (Å²) < 4.78 is 10.2. The Labute approximate surface area is 116 Å². The van der Waals surface area contributed by atoms with E-state index < -0.39 is 31.7 Å². The lowest BCUT2D eigenvalue weighted by Gasteiger charge is -2.21. The Hall–Kier alpha value is -0.883. The van der Waals surface area contributed by atoms with Crippen molar-refractivity contribution in [1.82, 2.24) is 0 Å². The van der Waals surface area contributed by atoms with E-state index in [-0.39, 0.29) is 6.42 Å². The summed E-state index contributed by atoms with van der Waals surface area (Å²) in [5.74, 6) is -1.02. The number of carbonyl (C=O) groups excluding carboxylic acids is 2. The fourth-order valence-corrected chi connectivity index (χ4v) is 1.93. The molecule has 0 aliphatic carbocycles. The lowest BCUT2D eigenvalue weighted by atomic mass is 10.2. The Kier molecular flexibility index (Phi) is 6.72. The summed E-state index contributed by atoms with van der Waals surface area (Å²) in [5, 5.41) is 0. The first kappa shape index (κ1) is 18.1. The minimum Gasteiger partial charge on any atom is -0.465 e. The van der Waals surface area contributed by atoms with Crippen LogP contribution >= 0.6 is 0 Å². The van der Waals surface area contributed by atoms with Crippen LogP contribution in [0.3, 0.4) is 0 Å². The zero-order valence-corrected chi connectivity index (χ0v) is 13.9. The van der Waals surface area contributed by atoms with E-state index in [9.17, 15) is 9.59 Å². The van der Waals surface area contributed by atoms with Crippen molar-refractivity contribution in [2.45, 2.75) is 64.5 Å². The maximum Gasteiger partial charge on any atom is 0.323 e. The summed E-state index contributed by atoms with van der Waals surface area (Å²) in [6.07, 6.45) is -0.150. The number of hydrogen-bond acceptors (Lipinski definition) is 5. The van der Waals surface area contributed by atoms with Crippen LogP contribution in [0, 0.1) is 0 Å². The van der Waals surface area contributed by atoms with Crippen molar-refractivity contribution in [3.8, 4) is 0 Å². The summed E-state index contributed by atoms with van der Waals surface area (Å²) in [6.45, 7) is 12.3. The van der Waals surface area contributed by atoms with E-state index in [2.05, 4.69) is 19.6 Å². The normalized spacial score (nSPS) is 13.8. The molecule has 0 aliphatic rings. The van der Waals surface area contributed by atoms with Crippen molar-refractivity contribution >= 4 is 20.0 Å². The quantitative estimate of drug-likeness (QED) is 0.597. The van der Waals surface area contributed by atoms with Gasteiger partial charge in [0.15, 0.2) is 0 Å². The molecular formula is C13H27NO4Si. The van der Waals surface area contributed by atoms with Crippen LogP contribution in [0.4, 0.5) is 0 Å². The summed E-state index contributed by atoms with van der Waals surface area (Å²) in [4.78, 5) is 23.1. The molecule has 0 saturated carbocycles. The van der Waals surface area contributed by atoms with Crippen LogP contribution in [-0.4, -0.2) is 38.3 Å². The van der Waals surface area contributed by atoms with Gasteiger partial charge in [0.2, 0.25) is 0 Å². The topological polar surface area (TPSA) is 78.6 Å². The van der Waals surface area contributed by atoms with Crippen molar-refractivity contribution in [2.75, 3.05) is 6.61 Å². The Balaban J connectivity index is 4.04. The van der Waals surface area contributed by atoms with Crippen molar-refractivity contribution in [1.29, 1.82) is 0 Å². The predicted octanol–water partition coefficient (Wildman–Crippen LogP) is 1.93. The Morgan fingerprint density at radius 1 is 1.21 bits per heavy atom. The average molecular weight is 289 g/mol. The Morgan fingerprint density at radius 2 is 1.74 bits per heavy atom. The van der Waals surface area contributed by atoms with E-state index in [1.54, 1.807) is 20.8 Å². The number of esters is 2. The van der Waals surface area contributed by atoms with Crippen LogP contribution < -0.4 is 5.73 Å². The fraction of sp³-hybridized carbons (Fsp3) is 0.846. The second kappa shape index (κ2) is 7.05. The molecule has 19 heavy (non-hydrogen) atoms. The van der Waals surface area contributed by atoms with Crippen molar-refractivity contribution in [2.24, 2.45) is 5.73 Å². The van der Waals surface area contributed by atoms with E-state index in [1.165, 1.54) is 0 Å². The first-order valence-electron chi connectivity index (χ1n) is 6.55. The number of nitrogens with two attached hydrogens (primary N) is 1. The largest absolute Gasteiger partial charge is 0.465 e.